The fourth-order valence-electron chi connectivity index (χ4n) is 4.56. The summed E-state index contributed by atoms with van der Waals surface area (Å²) in [4.78, 5) is 29.4. The first kappa shape index (κ1) is 20.6. The molecule has 2 amide bonds. The summed E-state index contributed by atoms with van der Waals surface area (Å²) in [5, 5.41) is 7.65. The summed E-state index contributed by atoms with van der Waals surface area (Å²) in [6, 6.07) is 9.92. The highest BCUT2D eigenvalue weighted by atomic mass is 16.2. The number of rotatable bonds is 5. The number of anilines is 1. The molecule has 0 bridgehead atoms. The van der Waals surface area contributed by atoms with Crippen molar-refractivity contribution < 1.29 is 9.59 Å². The molecule has 0 atom stereocenters. The summed E-state index contributed by atoms with van der Waals surface area (Å²) in [6.07, 6.45) is 3.94. The van der Waals surface area contributed by atoms with Crippen molar-refractivity contribution in [3.63, 3.8) is 0 Å². The number of benzene rings is 1. The van der Waals surface area contributed by atoms with Crippen LogP contribution in [0, 0.1) is 19.8 Å². The lowest BCUT2D eigenvalue weighted by atomic mass is 9.95. The van der Waals surface area contributed by atoms with Crippen molar-refractivity contribution in [2.45, 2.75) is 39.5 Å². The quantitative estimate of drug-likeness (QED) is 0.824. The van der Waals surface area contributed by atoms with Crippen molar-refractivity contribution >= 4 is 17.5 Å². The number of para-hydroxylation sites is 1. The van der Waals surface area contributed by atoms with E-state index in [2.05, 4.69) is 15.3 Å². The molecule has 2 aromatic rings. The number of piperidine rings is 1. The van der Waals surface area contributed by atoms with E-state index in [1.807, 2.05) is 53.8 Å². The van der Waals surface area contributed by atoms with Gasteiger partial charge in [0.15, 0.2) is 0 Å². The summed E-state index contributed by atoms with van der Waals surface area (Å²) < 4.78 is 1.86. The van der Waals surface area contributed by atoms with Gasteiger partial charge >= 0.3 is 0 Å². The van der Waals surface area contributed by atoms with Crippen LogP contribution in [0.4, 0.5) is 5.69 Å². The number of aromatic nitrogens is 2. The molecule has 160 valence electrons. The molecule has 7 heteroatoms. The van der Waals surface area contributed by atoms with E-state index in [0.29, 0.717) is 12.5 Å². The molecule has 4 rings (SSSR count). The number of hydrogen-bond donors (Lipinski definition) is 1. The van der Waals surface area contributed by atoms with Crippen molar-refractivity contribution in [2.24, 2.45) is 5.92 Å². The number of amides is 2. The monoisotopic (exact) mass is 409 g/mol. The largest absolute Gasteiger partial charge is 0.342 e. The maximum Gasteiger partial charge on any atom is 0.238 e. The standard InChI is InChI=1S/C23H31N5O2/c1-17-22(18(2)28(25-17)20-8-4-3-5-9-20)24-21(29)16-26-14-10-19(11-15-26)23(30)27-12-6-7-13-27/h3-5,8-9,19H,6-7,10-16H2,1-2H3,(H,24,29). The van der Waals surface area contributed by atoms with Gasteiger partial charge < -0.3 is 10.2 Å². The number of nitrogens with one attached hydrogen (secondary N) is 1. The van der Waals surface area contributed by atoms with Gasteiger partial charge in [0.1, 0.15) is 0 Å². The average molecular weight is 410 g/mol. The van der Waals surface area contributed by atoms with E-state index in [-0.39, 0.29) is 11.8 Å². The highest BCUT2D eigenvalue weighted by Crippen LogP contribution is 2.24. The zero-order valence-corrected chi connectivity index (χ0v) is 17.9. The number of nitrogens with zero attached hydrogens (tertiary/aromatic N) is 4. The van der Waals surface area contributed by atoms with Crippen LogP contribution in [0.1, 0.15) is 37.1 Å². The zero-order chi connectivity index (χ0) is 21.1. The number of aryl methyl sites for hydroxylation is 1. The van der Waals surface area contributed by atoms with Crippen LogP contribution in [-0.4, -0.2) is 64.1 Å². The third kappa shape index (κ3) is 4.41. The summed E-state index contributed by atoms with van der Waals surface area (Å²) in [5.41, 5.74) is 3.48. The Morgan fingerprint density at radius 1 is 1.03 bits per heavy atom. The van der Waals surface area contributed by atoms with Crippen molar-refractivity contribution in [3.8, 4) is 5.69 Å². The molecule has 0 unspecified atom stereocenters. The number of carbonyl (C=O) groups is 2. The minimum absolute atomic E-state index is 0.0295. The van der Waals surface area contributed by atoms with Gasteiger partial charge in [-0.3, -0.25) is 14.5 Å². The van der Waals surface area contributed by atoms with Gasteiger partial charge in [0.2, 0.25) is 11.8 Å². The van der Waals surface area contributed by atoms with Crippen LogP contribution in [0.25, 0.3) is 5.69 Å². The van der Waals surface area contributed by atoms with Crippen LogP contribution >= 0.6 is 0 Å². The van der Waals surface area contributed by atoms with Gasteiger partial charge in [0.05, 0.1) is 29.3 Å². The van der Waals surface area contributed by atoms with Gasteiger partial charge in [0, 0.05) is 19.0 Å². The van der Waals surface area contributed by atoms with Crippen molar-refractivity contribution in [1.82, 2.24) is 19.6 Å². The first-order chi connectivity index (χ1) is 14.5. The van der Waals surface area contributed by atoms with Crippen LogP contribution in [-0.2, 0) is 9.59 Å². The molecule has 3 heterocycles. The molecule has 2 saturated heterocycles. The second-order valence-electron chi connectivity index (χ2n) is 8.42. The second-order valence-corrected chi connectivity index (χ2v) is 8.42. The zero-order valence-electron chi connectivity index (χ0n) is 17.9. The molecule has 0 radical (unpaired) electrons. The van der Waals surface area contributed by atoms with Crippen LogP contribution in [0.5, 0.6) is 0 Å². The second kappa shape index (κ2) is 9.00. The van der Waals surface area contributed by atoms with E-state index in [1.54, 1.807) is 0 Å². The Bertz CT molecular complexity index is 894. The normalized spacial score (nSPS) is 18.0. The maximum atomic E-state index is 12.7. The molecule has 2 aliphatic rings. The lowest BCUT2D eigenvalue weighted by Crippen LogP contribution is -2.43. The maximum absolute atomic E-state index is 12.7. The smallest absolute Gasteiger partial charge is 0.238 e. The van der Waals surface area contributed by atoms with Gasteiger partial charge in [0.25, 0.3) is 0 Å². The number of carbonyl (C=O) groups excluding carboxylic acids is 2. The van der Waals surface area contributed by atoms with E-state index >= 15 is 0 Å². The van der Waals surface area contributed by atoms with Crippen LogP contribution in [0.2, 0.25) is 0 Å². The van der Waals surface area contributed by atoms with E-state index in [0.717, 1.165) is 74.6 Å². The predicted octanol–water partition coefficient (Wildman–Crippen LogP) is 2.76. The molecule has 7 nitrogen and oxygen atoms in total. The Labute approximate surface area is 178 Å². The Kier molecular flexibility index (Phi) is 6.18. The topological polar surface area (TPSA) is 70.5 Å². The van der Waals surface area contributed by atoms with Gasteiger partial charge in [-0.2, -0.15) is 5.10 Å². The molecular formula is C23H31N5O2. The molecule has 1 aromatic carbocycles. The van der Waals surface area contributed by atoms with Gasteiger partial charge in [-0.25, -0.2) is 4.68 Å². The van der Waals surface area contributed by atoms with Gasteiger partial charge in [-0.15, -0.1) is 0 Å². The summed E-state index contributed by atoms with van der Waals surface area (Å²) in [6.45, 7) is 7.64. The van der Waals surface area contributed by atoms with Crippen molar-refractivity contribution in [1.29, 1.82) is 0 Å². The number of likely N-dealkylation sites (tertiary alicyclic amines) is 2. The first-order valence-electron chi connectivity index (χ1n) is 11.0. The fraction of sp³-hybridized carbons (Fsp3) is 0.522. The van der Waals surface area contributed by atoms with E-state index in [4.69, 9.17) is 0 Å². The molecule has 1 aromatic heterocycles. The SMILES string of the molecule is Cc1nn(-c2ccccc2)c(C)c1NC(=O)CN1CCC(C(=O)N2CCCC2)CC1. The van der Waals surface area contributed by atoms with Crippen LogP contribution in [0.3, 0.4) is 0 Å². The molecule has 0 spiro atoms. The molecule has 1 N–H and O–H groups in total. The van der Waals surface area contributed by atoms with E-state index in [9.17, 15) is 9.59 Å². The lowest BCUT2D eigenvalue weighted by molar-refractivity contribution is -0.136. The average Bonchev–Trinajstić information content (AvgIpc) is 3.39. The number of hydrogen-bond acceptors (Lipinski definition) is 4. The first-order valence-corrected chi connectivity index (χ1v) is 11.0. The van der Waals surface area contributed by atoms with Crippen LogP contribution < -0.4 is 5.32 Å². The van der Waals surface area contributed by atoms with E-state index < -0.39 is 0 Å². The molecule has 0 saturated carbocycles. The van der Waals surface area contributed by atoms with Crippen LogP contribution in [0.15, 0.2) is 30.3 Å². The highest BCUT2D eigenvalue weighted by Gasteiger charge is 2.30. The van der Waals surface area contributed by atoms with E-state index in [1.165, 1.54) is 0 Å². The molecule has 2 fully saturated rings. The summed E-state index contributed by atoms with van der Waals surface area (Å²) >= 11 is 0. The fourth-order valence-corrected chi connectivity index (χ4v) is 4.56. The summed E-state index contributed by atoms with van der Waals surface area (Å²) in [5.74, 6) is 0.408. The van der Waals surface area contributed by atoms with Crippen molar-refractivity contribution in [3.05, 3.63) is 41.7 Å². The Hall–Kier alpha value is -2.67. The molecule has 30 heavy (non-hydrogen) atoms. The Morgan fingerprint density at radius 3 is 2.37 bits per heavy atom. The van der Waals surface area contributed by atoms with Gasteiger partial charge in [-0.05, 0) is 64.8 Å². The minimum atomic E-state index is -0.0295. The Balaban J connectivity index is 1.31. The van der Waals surface area contributed by atoms with Crippen molar-refractivity contribution in [2.75, 3.05) is 38.0 Å². The highest BCUT2D eigenvalue weighted by molar-refractivity contribution is 5.93. The molecule has 0 aliphatic carbocycles. The summed E-state index contributed by atoms with van der Waals surface area (Å²) in [7, 11) is 0. The third-order valence-corrected chi connectivity index (χ3v) is 6.28. The van der Waals surface area contributed by atoms with Gasteiger partial charge in [-0.1, -0.05) is 18.2 Å². The third-order valence-electron chi connectivity index (χ3n) is 6.28. The lowest BCUT2D eigenvalue weighted by Gasteiger charge is -2.32. The molecule has 2 aliphatic heterocycles. The minimum Gasteiger partial charge on any atom is -0.342 e. The Morgan fingerprint density at radius 2 is 1.70 bits per heavy atom. The predicted molar refractivity (Wildman–Crippen MR) is 117 cm³/mol. The molecular weight excluding hydrogens is 378 g/mol.